The molecule has 2 rings (SSSR count). The molecule has 1 heterocycles. The lowest BCUT2D eigenvalue weighted by molar-refractivity contribution is -0.117. The molecule has 1 aromatic carbocycles. The topological polar surface area (TPSA) is 111 Å². The van der Waals surface area contributed by atoms with Crippen molar-refractivity contribution in [2.24, 2.45) is 5.73 Å². The number of anilines is 1. The van der Waals surface area contributed by atoms with Gasteiger partial charge in [-0.1, -0.05) is 11.8 Å². The fourth-order valence-corrected chi connectivity index (χ4v) is 1.57. The molecule has 20 heavy (non-hydrogen) atoms. The second-order valence-corrected chi connectivity index (χ2v) is 3.96. The number of aromatic nitrogens is 2. The molecule has 2 aromatic rings. The quantitative estimate of drug-likeness (QED) is 0.772. The van der Waals surface area contributed by atoms with Crippen LogP contribution in [0.1, 0.15) is 17.5 Å². The minimum Gasteiger partial charge on any atom is -0.382 e. The van der Waals surface area contributed by atoms with Gasteiger partial charge in [-0.2, -0.15) is 10.4 Å². The molecule has 0 aliphatic carbocycles. The molecule has 0 spiro atoms. The molecule has 0 unspecified atom stereocenters. The highest BCUT2D eigenvalue weighted by Gasteiger charge is 2.07. The van der Waals surface area contributed by atoms with Crippen LogP contribution in [0.3, 0.4) is 0 Å². The first-order valence-electron chi connectivity index (χ1n) is 5.73. The number of rotatable bonds is 2. The highest BCUT2D eigenvalue weighted by atomic mass is 16.1. The van der Waals surface area contributed by atoms with Crippen LogP contribution in [-0.2, 0) is 4.79 Å². The molecule has 6 nitrogen and oxygen atoms in total. The lowest BCUT2D eigenvalue weighted by Crippen LogP contribution is -2.08. The van der Waals surface area contributed by atoms with Crippen LogP contribution in [-0.4, -0.2) is 15.7 Å². The van der Waals surface area contributed by atoms with Gasteiger partial charge in [0.15, 0.2) is 0 Å². The van der Waals surface area contributed by atoms with Crippen LogP contribution in [0.2, 0.25) is 0 Å². The van der Waals surface area contributed by atoms with Gasteiger partial charge < -0.3 is 11.5 Å². The van der Waals surface area contributed by atoms with Gasteiger partial charge in [0.2, 0.25) is 5.91 Å². The SMILES string of the molecule is N#Cc1cnn(-c2ccc(C#CCC(N)=O)cc2)c1N. The normalized spacial score (nSPS) is 9.35. The number of nitrogens with zero attached hydrogens (tertiary/aromatic N) is 3. The van der Waals surface area contributed by atoms with E-state index in [-0.39, 0.29) is 6.42 Å². The first-order chi connectivity index (χ1) is 9.61. The number of nitrogens with two attached hydrogens (primary N) is 2. The maximum absolute atomic E-state index is 10.6. The fourth-order valence-electron chi connectivity index (χ4n) is 1.57. The Morgan fingerprint density at radius 2 is 2.05 bits per heavy atom. The van der Waals surface area contributed by atoms with Crippen LogP contribution in [0.5, 0.6) is 0 Å². The number of carbonyl (C=O) groups is 1. The van der Waals surface area contributed by atoms with E-state index in [0.29, 0.717) is 11.4 Å². The Bertz CT molecular complexity index is 741. The standard InChI is InChI=1S/C14H11N5O/c15-8-11-9-18-19(14(11)17)12-6-4-10(5-7-12)2-1-3-13(16)20/h4-7,9H,3,17H2,(H2,16,20). The first-order valence-corrected chi connectivity index (χ1v) is 5.73. The van der Waals surface area contributed by atoms with Crippen LogP contribution in [0.4, 0.5) is 5.82 Å². The molecule has 0 radical (unpaired) electrons. The second kappa shape index (κ2) is 5.59. The van der Waals surface area contributed by atoms with E-state index in [1.807, 2.05) is 6.07 Å². The Morgan fingerprint density at radius 1 is 1.35 bits per heavy atom. The van der Waals surface area contributed by atoms with Crippen LogP contribution in [0, 0.1) is 23.2 Å². The lowest BCUT2D eigenvalue weighted by atomic mass is 10.2. The molecule has 0 saturated carbocycles. The molecule has 0 atom stereocenters. The van der Waals surface area contributed by atoms with Crippen LogP contribution < -0.4 is 11.5 Å². The second-order valence-electron chi connectivity index (χ2n) is 3.96. The highest BCUT2D eigenvalue weighted by Crippen LogP contribution is 2.16. The molecule has 0 fully saturated rings. The Balaban J connectivity index is 2.23. The molecule has 98 valence electrons. The summed E-state index contributed by atoms with van der Waals surface area (Å²) in [5.41, 5.74) is 12.6. The predicted molar refractivity (Wildman–Crippen MR) is 73.4 cm³/mol. The van der Waals surface area contributed by atoms with E-state index >= 15 is 0 Å². The predicted octanol–water partition coefficient (Wildman–Crippen LogP) is 0.553. The van der Waals surface area contributed by atoms with Crippen molar-refractivity contribution in [3.8, 4) is 23.6 Å². The van der Waals surface area contributed by atoms with E-state index in [1.54, 1.807) is 24.3 Å². The van der Waals surface area contributed by atoms with E-state index in [1.165, 1.54) is 10.9 Å². The molecular weight excluding hydrogens is 254 g/mol. The zero-order valence-corrected chi connectivity index (χ0v) is 10.5. The number of nitriles is 1. The average Bonchev–Trinajstić information content (AvgIpc) is 2.80. The monoisotopic (exact) mass is 265 g/mol. The number of hydrogen-bond donors (Lipinski definition) is 2. The van der Waals surface area contributed by atoms with Crippen LogP contribution >= 0.6 is 0 Å². The van der Waals surface area contributed by atoms with Crippen LogP contribution in [0.15, 0.2) is 30.5 Å². The van der Waals surface area contributed by atoms with Gasteiger partial charge in [-0.25, -0.2) is 4.68 Å². The van der Waals surface area contributed by atoms with E-state index in [2.05, 4.69) is 16.9 Å². The maximum atomic E-state index is 10.6. The zero-order chi connectivity index (χ0) is 14.5. The Hall–Kier alpha value is -3.25. The highest BCUT2D eigenvalue weighted by molar-refractivity contribution is 5.76. The van der Waals surface area contributed by atoms with Gasteiger partial charge in [0.1, 0.15) is 17.5 Å². The van der Waals surface area contributed by atoms with Crippen LogP contribution in [0.25, 0.3) is 5.69 Å². The van der Waals surface area contributed by atoms with Gasteiger partial charge in [0.25, 0.3) is 0 Å². The van der Waals surface area contributed by atoms with Crippen molar-refractivity contribution in [1.82, 2.24) is 9.78 Å². The van der Waals surface area contributed by atoms with Gasteiger partial charge in [0.05, 0.1) is 18.3 Å². The van der Waals surface area contributed by atoms with E-state index in [9.17, 15) is 4.79 Å². The zero-order valence-electron chi connectivity index (χ0n) is 10.5. The fraction of sp³-hybridized carbons (Fsp3) is 0.0714. The number of primary amides is 1. The summed E-state index contributed by atoms with van der Waals surface area (Å²) >= 11 is 0. The smallest absolute Gasteiger partial charge is 0.229 e. The molecule has 1 amide bonds. The summed E-state index contributed by atoms with van der Waals surface area (Å²) in [5, 5.41) is 12.9. The number of carbonyl (C=O) groups excluding carboxylic acids is 1. The number of amides is 1. The summed E-state index contributed by atoms with van der Waals surface area (Å²) in [6, 6.07) is 9.06. The third-order valence-corrected chi connectivity index (χ3v) is 2.53. The van der Waals surface area contributed by atoms with E-state index < -0.39 is 5.91 Å². The summed E-state index contributed by atoms with van der Waals surface area (Å²) < 4.78 is 1.47. The van der Waals surface area contributed by atoms with Gasteiger partial charge in [-0.05, 0) is 24.3 Å². The third kappa shape index (κ3) is 2.77. The number of hydrogen-bond acceptors (Lipinski definition) is 4. The van der Waals surface area contributed by atoms with Gasteiger partial charge >= 0.3 is 0 Å². The largest absolute Gasteiger partial charge is 0.382 e. The minimum atomic E-state index is -0.456. The van der Waals surface area contributed by atoms with Crippen molar-refractivity contribution in [2.45, 2.75) is 6.42 Å². The van der Waals surface area contributed by atoms with Crippen molar-refractivity contribution in [3.05, 3.63) is 41.6 Å². The van der Waals surface area contributed by atoms with E-state index in [4.69, 9.17) is 16.7 Å². The number of benzene rings is 1. The van der Waals surface area contributed by atoms with E-state index in [0.717, 1.165) is 11.3 Å². The van der Waals surface area contributed by atoms with Gasteiger partial charge in [-0.3, -0.25) is 4.79 Å². The molecule has 0 saturated heterocycles. The molecule has 0 aliphatic heterocycles. The Morgan fingerprint density at radius 3 is 2.60 bits per heavy atom. The summed E-state index contributed by atoms with van der Waals surface area (Å²) in [4.78, 5) is 10.6. The number of nitrogen functional groups attached to an aromatic ring is 1. The van der Waals surface area contributed by atoms with Crippen molar-refractivity contribution in [2.75, 3.05) is 5.73 Å². The summed E-state index contributed by atoms with van der Waals surface area (Å²) in [7, 11) is 0. The summed E-state index contributed by atoms with van der Waals surface area (Å²) in [6.07, 6.45) is 1.44. The van der Waals surface area contributed by atoms with Crippen molar-refractivity contribution in [3.63, 3.8) is 0 Å². The van der Waals surface area contributed by atoms with Gasteiger partial charge in [0, 0.05) is 5.56 Å². The maximum Gasteiger partial charge on any atom is 0.229 e. The molecule has 0 bridgehead atoms. The molecule has 6 heteroatoms. The summed E-state index contributed by atoms with van der Waals surface area (Å²) in [5.74, 6) is 5.33. The minimum absolute atomic E-state index is 0.0272. The van der Waals surface area contributed by atoms with Gasteiger partial charge in [-0.15, -0.1) is 0 Å². The van der Waals surface area contributed by atoms with Crippen molar-refractivity contribution >= 4 is 11.7 Å². The van der Waals surface area contributed by atoms with Crippen molar-refractivity contribution in [1.29, 1.82) is 5.26 Å². The van der Waals surface area contributed by atoms with Crippen molar-refractivity contribution < 1.29 is 4.79 Å². The molecule has 0 aliphatic rings. The molecule has 1 aromatic heterocycles. The first kappa shape index (κ1) is 13.2. The lowest BCUT2D eigenvalue weighted by Gasteiger charge is -2.03. The average molecular weight is 265 g/mol. The third-order valence-electron chi connectivity index (χ3n) is 2.53. The summed E-state index contributed by atoms with van der Waals surface area (Å²) in [6.45, 7) is 0. The Kier molecular flexibility index (Phi) is 3.69. The molecular formula is C14H11N5O. The molecule has 4 N–H and O–H groups in total. The Labute approximate surface area is 115 Å².